The van der Waals surface area contributed by atoms with Crippen LogP contribution >= 0.6 is 0 Å². The van der Waals surface area contributed by atoms with Gasteiger partial charge < -0.3 is 14.5 Å². The minimum Gasteiger partial charge on any atom is -0.462 e. The molecule has 0 spiro atoms. The van der Waals surface area contributed by atoms with Gasteiger partial charge >= 0.3 is 12.3 Å². The van der Waals surface area contributed by atoms with E-state index in [0.717, 1.165) is 0 Å². The molecule has 0 fully saturated rings. The van der Waals surface area contributed by atoms with Gasteiger partial charge in [-0.2, -0.15) is 8.78 Å². The second kappa shape index (κ2) is 6.91. The zero-order valence-electron chi connectivity index (χ0n) is 10.8. The Kier molecular flexibility index (Phi) is 5.81. The Morgan fingerprint density at radius 1 is 1.26 bits per heavy atom. The van der Waals surface area contributed by atoms with E-state index in [4.69, 9.17) is 4.42 Å². The van der Waals surface area contributed by atoms with E-state index in [2.05, 4.69) is 10.1 Å². The van der Waals surface area contributed by atoms with Crippen LogP contribution in [-0.2, 0) is 17.9 Å². The number of nitrogens with one attached hydrogen (secondary N) is 1. The molecular formula is C12H17F4NO2. The van der Waals surface area contributed by atoms with Gasteiger partial charge in [0.1, 0.15) is 24.7 Å². The lowest BCUT2D eigenvalue weighted by molar-refractivity contribution is -0.169. The second-order valence-electron chi connectivity index (χ2n) is 4.46. The Morgan fingerprint density at radius 3 is 2.47 bits per heavy atom. The van der Waals surface area contributed by atoms with Crippen LogP contribution in [0.2, 0.25) is 0 Å². The van der Waals surface area contributed by atoms with Gasteiger partial charge in [-0.1, -0.05) is 13.8 Å². The predicted octanol–water partition coefficient (Wildman–Crippen LogP) is 3.19. The quantitative estimate of drug-likeness (QED) is 0.744. The summed E-state index contributed by atoms with van der Waals surface area (Å²) in [4.78, 5) is 0. The van der Waals surface area contributed by atoms with E-state index in [1.807, 2.05) is 13.8 Å². The molecule has 0 aromatic carbocycles. The standard InChI is InChI=1S/C12H17F4NO2/c1-8(2)17-5-9-3-4-10(19-9)6-18-7-12(15,16)11(13)14/h3-4,8,11,17H,5-7H2,1-2H3. The molecule has 0 unspecified atom stereocenters. The van der Waals surface area contributed by atoms with Crippen molar-refractivity contribution in [2.24, 2.45) is 0 Å². The Morgan fingerprint density at radius 2 is 1.89 bits per heavy atom. The van der Waals surface area contributed by atoms with Crippen molar-refractivity contribution in [1.29, 1.82) is 0 Å². The van der Waals surface area contributed by atoms with Crippen molar-refractivity contribution in [1.82, 2.24) is 5.32 Å². The SMILES string of the molecule is CC(C)NCc1ccc(COCC(F)(F)C(F)F)o1. The lowest BCUT2D eigenvalue weighted by Gasteiger charge is -2.14. The van der Waals surface area contributed by atoms with Crippen molar-refractivity contribution >= 4 is 0 Å². The van der Waals surface area contributed by atoms with Gasteiger partial charge in [0.15, 0.2) is 0 Å². The third kappa shape index (κ3) is 5.61. The zero-order valence-corrected chi connectivity index (χ0v) is 10.8. The summed E-state index contributed by atoms with van der Waals surface area (Å²) in [5, 5.41) is 3.12. The molecule has 1 aromatic heterocycles. The highest BCUT2D eigenvalue weighted by Crippen LogP contribution is 2.23. The minimum absolute atomic E-state index is 0.260. The van der Waals surface area contributed by atoms with Gasteiger partial charge in [-0.05, 0) is 12.1 Å². The summed E-state index contributed by atoms with van der Waals surface area (Å²) in [6.07, 6.45) is -3.73. The highest BCUT2D eigenvalue weighted by atomic mass is 19.3. The highest BCUT2D eigenvalue weighted by Gasteiger charge is 2.40. The van der Waals surface area contributed by atoms with Gasteiger partial charge in [-0.25, -0.2) is 8.78 Å². The number of hydrogen-bond donors (Lipinski definition) is 1. The number of furan rings is 1. The van der Waals surface area contributed by atoms with Gasteiger partial charge in [-0.3, -0.25) is 0 Å². The van der Waals surface area contributed by atoms with Crippen LogP contribution in [-0.4, -0.2) is 25.0 Å². The monoisotopic (exact) mass is 283 g/mol. The normalized spacial score (nSPS) is 12.6. The first kappa shape index (κ1) is 16.0. The van der Waals surface area contributed by atoms with Gasteiger partial charge in [0.25, 0.3) is 0 Å². The van der Waals surface area contributed by atoms with E-state index in [-0.39, 0.29) is 12.6 Å². The molecule has 0 radical (unpaired) electrons. The van der Waals surface area contributed by atoms with E-state index in [1.165, 1.54) is 0 Å². The third-order valence-electron chi connectivity index (χ3n) is 2.26. The van der Waals surface area contributed by atoms with Crippen molar-refractivity contribution < 1.29 is 26.7 Å². The maximum absolute atomic E-state index is 12.5. The molecule has 3 nitrogen and oxygen atoms in total. The first-order valence-electron chi connectivity index (χ1n) is 5.86. The van der Waals surface area contributed by atoms with Crippen molar-refractivity contribution in [3.8, 4) is 0 Å². The lowest BCUT2D eigenvalue weighted by Crippen LogP contribution is -2.32. The number of alkyl halides is 4. The maximum atomic E-state index is 12.5. The zero-order chi connectivity index (χ0) is 14.5. The van der Waals surface area contributed by atoms with Crippen LogP contribution in [0.15, 0.2) is 16.5 Å². The molecule has 0 atom stereocenters. The summed E-state index contributed by atoms with van der Waals surface area (Å²) in [6.45, 7) is 2.86. The summed E-state index contributed by atoms with van der Waals surface area (Å²) in [5.74, 6) is -3.17. The fraction of sp³-hybridized carbons (Fsp3) is 0.667. The van der Waals surface area contributed by atoms with Gasteiger partial charge in [0.2, 0.25) is 0 Å². The van der Waals surface area contributed by atoms with Crippen LogP contribution in [0.5, 0.6) is 0 Å². The molecule has 1 heterocycles. The summed E-state index contributed by atoms with van der Waals surface area (Å²) < 4.78 is 58.6. The van der Waals surface area contributed by atoms with Gasteiger partial charge in [0, 0.05) is 6.04 Å². The molecule has 0 saturated heterocycles. The van der Waals surface area contributed by atoms with Gasteiger partial charge in [0.05, 0.1) is 6.54 Å². The number of ether oxygens (including phenoxy) is 1. The van der Waals surface area contributed by atoms with Crippen LogP contribution in [0, 0.1) is 0 Å². The van der Waals surface area contributed by atoms with Crippen LogP contribution in [0.4, 0.5) is 17.6 Å². The molecule has 1 N–H and O–H groups in total. The largest absolute Gasteiger partial charge is 0.462 e. The Hall–Kier alpha value is -1.08. The second-order valence-corrected chi connectivity index (χ2v) is 4.46. The first-order valence-corrected chi connectivity index (χ1v) is 5.86. The fourth-order valence-corrected chi connectivity index (χ4v) is 1.25. The highest BCUT2D eigenvalue weighted by molar-refractivity contribution is 5.06. The molecule has 1 rings (SSSR count). The van der Waals surface area contributed by atoms with Crippen LogP contribution < -0.4 is 5.32 Å². The Balaban J connectivity index is 2.34. The third-order valence-corrected chi connectivity index (χ3v) is 2.26. The minimum atomic E-state index is -4.13. The molecule has 19 heavy (non-hydrogen) atoms. The molecule has 0 aliphatic rings. The molecule has 0 aliphatic carbocycles. The van der Waals surface area contributed by atoms with E-state index < -0.39 is 19.0 Å². The summed E-state index contributed by atoms with van der Waals surface area (Å²) in [5.41, 5.74) is 0. The summed E-state index contributed by atoms with van der Waals surface area (Å²) >= 11 is 0. The molecule has 0 saturated carbocycles. The Bertz CT molecular complexity index is 380. The molecule has 110 valence electrons. The molecule has 0 bridgehead atoms. The summed E-state index contributed by atoms with van der Waals surface area (Å²) in [6, 6.07) is 3.53. The van der Waals surface area contributed by atoms with Crippen molar-refractivity contribution in [2.75, 3.05) is 6.61 Å². The molecule has 1 aromatic rings. The van der Waals surface area contributed by atoms with Crippen LogP contribution in [0.25, 0.3) is 0 Å². The number of rotatable bonds is 8. The van der Waals surface area contributed by atoms with Crippen molar-refractivity contribution in [3.05, 3.63) is 23.7 Å². The maximum Gasteiger partial charge on any atom is 0.330 e. The number of hydrogen-bond acceptors (Lipinski definition) is 3. The Labute approximate surface area is 108 Å². The van der Waals surface area contributed by atoms with Crippen molar-refractivity contribution in [3.63, 3.8) is 0 Å². The predicted molar refractivity (Wildman–Crippen MR) is 61.3 cm³/mol. The molecule has 0 aliphatic heterocycles. The van der Waals surface area contributed by atoms with Crippen LogP contribution in [0.1, 0.15) is 25.4 Å². The van der Waals surface area contributed by atoms with E-state index in [0.29, 0.717) is 18.1 Å². The topological polar surface area (TPSA) is 34.4 Å². The average Bonchev–Trinajstić information content (AvgIpc) is 2.74. The van der Waals surface area contributed by atoms with E-state index >= 15 is 0 Å². The van der Waals surface area contributed by atoms with Crippen molar-refractivity contribution in [2.45, 2.75) is 45.4 Å². The first-order chi connectivity index (χ1) is 8.81. The summed E-state index contributed by atoms with van der Waals surface area (Å²) in [7, 11) is 0. The van der Waals surface area contributed by atoms with E-state index in [9.17, 15) is 17.6 Å². The van der Waals surface area contributed by atoms with Gasteiger partial charge in [-0.15, -0.1) is 0 Å². The molecule has 7 heteroatoms. The number of halogens is 4. The molecular weight excluding hydrogens is 266 g/mol. The van der Waals surface area contributed by atoms with E-state index in [1.54, 1.807) is 12.1 Å². The lowest BCUT2D eigenvalue weighted by atomic mass is 10.3. The molecule has 0 amide bonds. The fourth-order valence-electron chi connectivity index (χ4n) is 1.25. The smallest absolute Gasteiger partial charge is 0.330 e. The van der Waals surface area contributed by atoms with Crippen LogP contribution in [0.3, 0.4) is 0 Å². The average molecular weight is 283 g/mol.